The summed E-state index contributed by atoms with van der Waals surface area (Å²) in [7, 11) is 1.76. The summed E-state index contributed by atoms with van der Waals surface area (Å²) in [6.07, 6.45) is 6.87. The Morgan fingerprint density at radius 2 is 1.53 bits per heavy atom. The fourth-order valence-electron chi connectivity index (χ4n) is 2.94. The van der Waals surface area contributed by atoms with Crippen molar-refractivity contribution in [3.63, 3.8) is 0 Å². The van der Waals surface area contributed by atoms with E-state index in [-0.39, 0.29) is 0 Å². The van der Waals surface area contributed by atoms with E-state index in [0.717, 1.165) is 30.7 Å². The molecule has 0 amide bonds. The van der Waals surface area contributed by atoms with Crippen LogP contribution >= 0.6 is 11.6 Å². The van der Waals surface area contributed by atoms with E-state index in [9.17, 15) is 0 Å². The highest BCUT2D eigenvalue weighted by Crippen LogP contribution is 2.34. The van der Waals surface area contributed by atoms with Crippen LogP contribution in [-0.2, 0) is 25.7 Å². The largest absolute Gasteiger partial charge is 0.274 e. The minimum atomic E-state index is 1.03. The van der Waals surface area contributed by atoms with E-state index in [1.165, 1.54) is 35.4 Å². The van der Waals surface area contributed by atoms with Gasteiger partial charge in [0.2, 0.25) is 11.4 Å². The van der Waals surface area contributed by atoms with Gasteiger partial charge in [0.1, 0.15) is 7.11 Å². The lowest BCUT2D eigenvalue weighted by Crippen LogP contribution is -2.48. The smallest absolute Gasteiger partial charge is 0.239 e. The van der Waals surface area contributed by atoms with E-state index in [0.29, 0.717) is 0 Å². The van der Waals surface area contributed by atoms with Gasteiger partial charge in [0.15, 0.2) is 0 Å². The zero-order valence-corrected chi connectivity index (χ0v) is 9.73. The Kier molecular flexibility index (Phi) is 2.13. The molecule has 1 aromatic rings. The molecule has 0 saturated carbocycles. The van der Waals surface area contributed by atoms with Crippen molar-refractivity contribution < 1.29 is 9.57 Å². The first-order chi connectivity index (χ1) is 7.33. The van der Waals surface area contributed by atoms with Gasteiger partial charge in [-0.3, -0.25) is 4.84 Å². The Hall–Kier alpha value is -0.760. The van der Waals surface area contributed by atoms with E-state index < -0.39 is 0 Å². The highest BCUT2D eigenvalue weighted by Gasteiger charge is 2.35. The molecule has 0 bridgehead atoms. The first-order valence-electron chi connectivity index (χ1n) is 5.64. The van der Waals surface area contributed by atoms with Crippen LogP contribution in [-0.4, -0.2) is 7.11 Å². The molecule has 0 aromatic carbocycles. The summed E-state index contributed by atoms with van der Waals surface area (Å²) < 4.78 is 2.04. The third-order valence-electron chi connectivity index (χ3n) is 3.58. The molecule has 3 heteroatoms. The Morgan fingerprint density at radius 3 is 2.00 bits per heavy atom. The maximum absolute atomic E-state index is 6.46. The Morgan fingerprint density at radius 1 is 1.00 bits per heavy atom. The molecule has 2 aliphatic rings. The second-order valence-electron chi connectivity index (χ2n) is 4.35. The van der Waals surface area contributed by atoms with E-state index in [1.807, 2.05) is 4.73 Å². The highest BCUT2D eigenvalue weighted by atomic mass is 35.5. The van der Waals surface area contributed by atoms with Crippen LogP contribution in [0.15, 0.2) is 0 Å². The normalized spacial score (nSPS) is 17.7. The lowest BCUT2D eigenvalue weighted by atomic mass is 10.1. The second kappa shape index (κ2) is 3.38. The molecular weight excluding hydrogens is 210 g/mol. The quantitative estimate of drug-likeness (QED) is 0.662. The Balaban J connectivity index is 2.31. The van der Waals surface area contributed by atoms with E-state index in [2.05, 4.69) is 0 Å². The van der Waals surface area contributed by atoms with Gasteiger partial charge in [-0.2, -0.15) is 0 Å². The average Bonchev–Trinajstić information content (AvgIpc) is 2.85. The minimum Gasteiger partial charge on any atom is -0.274 e. The van der Waals surface area contributed by atoms with Crippen molar-refractivity contribution in [2.45, 2.75) is 38.5 Å². The molecule has 0 radical (unpaired) electrons. The summed E-state index contributed by atoms with van der Waals surface area (Å²) in [4.78, 5) is 5.51. The first kappa shape index (κ1) is 9.46. The molecule has 0 unspecified atom stereocenters. The number of hydrogen-bond acceptors (Lipinski definition) is 1. The predicted molar refractivity (Wildman–Crippen MR) is 58.2 cm³/mol. The van der Waals surface area contributed by atoms with Crippen molar-refractivity contribution in [2.75, 3.05) is 7.11 Å². The number of rotatable bonds is 1. The molecule has 1 heterocycles. The molecule has 80 valence electrons. The van der Waals surface area contributed by atoms with Gasteiger partial charge in [0.25, 0.3) is 0 Å². The van der Waals surface area contributed by atoms with Crippen molar-refractivity contribution in [1.29, 1.82) is 0 Å². The van der Waals surface area contributed by atoms with Gasteiger partial charge < -0.3 is 0 Å². The van der Waals surface area contributed by atoms with E-state index in [1.54, 1.807) is 7.11 Å². The summed E-state index contributed by atoms with van der Waals surface area (Å²) in [5.74, 6) is 0. The zero-order chi connectivity index (χ0) is 10.4. The Labute approximate surface area is 94.8 Å². The molecule has 0 fully saturated rings. The summed E-state index contributed by atoms with van der Waals surface area (Å²) >= 11 is 6.46. The summed E-state index contributed by atoms with van der Waals surface area (Å²) in [6, 6.07) is 0. The summed E-state index contributed by atoms with van der Waals surface area (Å²) in [5, 5.41) is 1.03. The molecule has 3 rings (SSSR count). The second-order valence-corrected chi connectivity index (χ2v) is 4.73. The van der Waals surface area contributed by atoms with Crippen LogP contribution in [0.3, 0.4) is 0 Å². The predicted octanol–water partition coefficient (Wildman–Crippen LogP) is 1.66. The summed E-state index contributed by atoms with van der Waals surface area (Å²) in [5.41, 5.74) is 5.28. The van der Waals surface area contributed by atoms with Crippen LogP contribution in [0.5, 0.6) is 0 Å². The third kappa shape index (κ3) is 1.21. The zero-order valence-electron chi connectivity index (χ0n) is 8.98. The minimum absolute atomic E-state index is 1.03. The standard InChI is InChI=1S/C12H15ClNO/c1-15-14-10-6-2-4-8(10)12(13)9-5-3-7-11(9)14/h2-7H2,1H3/q+1. The van der Waals surface area contributed by atoms with Crippen molar-refractivity contribution in [2.24, 2.45) is 0 Å². The third-order valence-corrected chi connectivity index (χ3v) is 4.04. The average molecular weight is 225 g/mol. The molecule has 2 nitrogen and oxygen atoms in total. The lowest BCUT2D eigenvalue weighted by Gasteiger charge is -2.07. The SMILES string of the molecule is CO[n+]1c2c(c(Cl)c3c1CCC3)CCC2. The summed E-state index contributed by atoms with van der Waals surface area (Å²) in [6.45, 7) is 0. The molecule has 0 spiro atoms. The van der Waals surface area contributed by atoms with Crippen LogP contribution < -0.4 is 9.57 Å². The van der Waals surface area contributed by atoms with Crippen LogP contribution in [0, 0.1) is 0 Å². The highest BCUT2D eigenvalue weighted by molar-refractivity contribution is 6.32. The van der Waals surface area contributed by atoms with E-state index in [4.69, 9.17) is 16.4 Å². The van der Waals surface area contributed by atoms with Crippen LogP contribution in [0.2, 0.25) is 5.02 Å². The maximum atomic E-state index is 6.46. The number of fused-ring (bicyclic) bond motifs is 2. The topological polar surface area (TPSA) is 13.1 Å². The van der Waals surface area contributed by atoms with Gasteiger partial charge in [-0.25, -0.2) is 0 Å². The fraction of sp³-hybridized carbons (Fsp3) is 0.583. The van der Waals surface area contributed by atoms with Crippen LogP contribution in [0.25, 0.3) is 0 Å². The lowest BCUT2D eigenvalue weighted by molar-refractivity contribution is -0.895. The van der Waals surface area contributed by atoms with Crippen molar-refractivity contribution >= 4 is 11.6 Å². The van der Waals surface area contributed by atoms with Crippen molar-refractivity contribution in [3.8, 4) is 0 Å². The van der Waals surface area contributed by atoms with Gasteiger partial charge in [-0.05, 0) is 25.7 Å². The van der Waals surface area contributed by atoms with Crippen molar-refractivity contribution in [3.05, 3.63) is 27.5 Å². The molecule has 0 aliphatic heterocycles. The van der Waals surface area contributed by atoms with Gasteiger partial charge in [0.05, 0.1) is 5.02 Å². The molecule has 2 aliphatic carbocycles. The van der Waals surface area contributed by atoms with Gasteiger partial charge in [0, 0.05) is 28.7 Å². The molecular formula is C12H15ClNO+. The number of aromatic nitrogens is 1. The molecule has 0 atom stereocenters. The fourth-order valence-corrected chi connectivity index (χ4v) is 3.35. The van der Waals surface area contributed by atoms with Gasteiger partial charge >= 0.3 is 0 Å². The monoisotopic (exact) mass is 224 g/mol. The maximum Gasteiger partial charge on any atom is 0.239 e. The number of nitrogens with zero attached hydrogens (tertiary/aromatic N) is 1. The van der Waals surface area contributed by atoms with Gasteiger partial charge in [-0.15, -0.1) is 0 Å². The number of halogens is 1. The van der Waals surface area contributed by atoms with Gasteiger partial charge in [-0.1, -0.05) is 11.6 Å². The Bertz CT molecular complexity index is 393. The number of pyridine rings is 1. The number of hydrogen-bond donors (Lipinski definition) is 0. The molecule has 0 N–H and O–H groups in total. The molecule has 0 saturated heterocycles. The molecule has 15 heavy (non-hydrogen) atoms. The van der Waals surface area contributed by atoms with Crippen LogP contribution in [0.4, 0.5) is 0 Å². The van der Waals surface area contributed by atoms with Crippen molar-refractivity contribution in [1.82, 2.24) is 0 Å². The molecule has 1 aromatic heterocycles. The van der Waals surface area contributed by atoms with Crippen LogP contribution in [0.1, 0.15) is 35.4 Å². The van der Waals surface area contributed by atoms with E-state index >= 15 is 0 Å². The first-order valence-corrected chi connectivity index (χ1v) is 6.02.